The lowest BCUT2D eigenvalue weighted by Crippen LogP contribution is -2.05. The minimum absolute atomic E-state index is 0.0680. The van der Waals surface area contributed by atoms with Gasteiger partial charge in [0.05, 0.1) is 18.9 Å². The van der Waals surface area contributed by atoms with Crippen LogP contribution in [0, 0.1) is 0 Å². The number of hydrogen-bond acceptors (Lipinski definition) is 4. The van der Waals surface area contributed by atoms with Gasteiger partial charge < -0.3 is 14.6 Å². The molecule has 1 N–H and O–H groups in total. The SMILES string of the molecule is COCCOc1cccc(CO)n1. The van der Waals surface area contributed by atoms with Crippen LogP contribution in [-0.4, -0.2) is 30.4 Å². The molecule has 4 nitrogen and oxygen atoms in total. The van der Waals surface area contributed by atoms with Gasteiger partial charge in [-0.15, -0.1) is 0 Å². The molecule has 0 aliphatic heterocycles. The van der Waals surface area contributed by atoms with Crippen molar-refractivity contribution in [3.05, 3.63) is 23.9 Å². The number of nitrogens with zero attached hydrogens (tertiary/aromatic N) is 1. The van der Waals surface area contributed by atoms with Gasteiger partial charge in [-0.05, 0) is 6.07 Å². The van der Waals surface area contributed by atoms with E-state index in [2.05, 4.69) is 4.98 Å². The molecule has 0 aliphatic carbocycles. The van der Waals surface area contributed by atoms with Crippen molar-refractivity contribution in [1.82, 2.24) is 4.98 Å². The highest BCUT2D eigenvalue weighted by atomic mass is 16.5. The molecule has 0 spiro atoms. The number of aliphatic hydroxyl groups is 1. The van der Waals surface area contributed by atoms with Crippen LogP contribution >= 0.6 is 0 Å². The Morgan fingerprint density at radius 3 is 2.92 bits per heavy atom. The Kier molecular flexibility index (Phi) is 4.21. The van der Waals surface area contributed by atoms with Crippen LogP contribution in [0.4, 0.5) is 0 Å². The third-order valence-electron chi connectivity index (χ3n) is 1.48. The highest BCUT2D eigenvalue weighted by molar-refractivity contribution is 5.15. The molecule has 0 bridgehead atoms. The summed E-state index contributed by atoms with van der Waals surface area (Å²) < 4.78 is 10.1. The zero-order chi connectivity index (χ0) is 9.52. The van der Waals surface area contributed by atoms with Gasteiger partial charge in [-0.2, -0.15) is 0 Å². The van der Waals surface area contributed by atoms with Crippen LogP contribution in [0.1, 0.15) is 5.69 Å². The first-order chi connectivity index (χ1) is 6.36. The van der Waals surface area contributed by atoms with Gasteiger partial charge in [0.15, 0.2) is 0 Å². The van der Waals surface area contributed by atoms with E-state index in [1.165, 1.54) is 0 Å². The summed E-state index contributed by atoms with van der Waals surface area (Å²) in [6.07, 6.45) is 0. The Bertz CT molecular complexity index is 252. The van der Waals surface area contributed by atoms with Crippen molar-refractivity contribution in [3.8, 4) is 5.88 Å². The topological polar surface area (TPSA) is 51.6 Å². The maximum absolute atomic E-state index is 8.79. The Balaban J connectivity index is 2.46. The van der Waals surface area contributed by atoms with Gasteiger partial charge in [-0.3, -0.25) is 0 Å². The van der Waals surface area contributed by atoms with Gasteiger partial charge in [-0.1, -0.05) is 6.07 Å². The van der Waals surface area contributed by atoms with E-state index in [-0.39, 0.29) is 6.61 Å². The summed E-state index contributed by atoms with van der Waals surface area (Å²) in [4.78, 5) is 4.04. The number of rotatable bonds is 5. The van der Waals surface area contributed by atoms with Crippen molar-refractivity contribution in [2.24, 2.45) is 0 Å². The summed E-state index contributed by atoms with van der Waals surface area (Å²) in [5.41, 5.74) is 0.606. The van der Waals surface area contributed by atoms with Crippen LogP contribution in [0.5, 0.6) is 5.88 Å². The first-order valence-electron chi connectivity index (χ1n) is 4.05. The van der Waals surface area contributed by atoms with E-state index in [1.54, 1.807) is 25.3 Å². The zero-order valence-corrected chi connectivity index (χ0v) is 7.56. The molecule has 1 aromatic heterocycles. The average molecular weight is 183 g/mol. The van der Waals surface area contributed by atoms with E-state index >= 15 is 0 Å². The summed E-state index contributed by atoms with van der Waals surface area (Å²) in [7, 11) is 1.61. The largest absolute Gasteiger partial charge is 0.475 e. The minimum Gasteiger partial charge on any atom is -0.475 e. The predicted molar refractivity (Wildman–Crippen MR) is 47.5 cm³/mol. The molecule has 0 unspecified atom stereocenters. The van der Waals surface area contributed by atoms with Gasteiger partial charge in [0.1, 0.15) is 6.61 Å². The van der Waals surface area contributed by atoms with Crippen LogP contribution in [0.2, 0.25) is 0 Å². The lowest BCUT2D eigenvalue weighted by Gasteiger charge is -2.04. The molecule has 0 amide bonds. The van der Waals surface area contributed by atoms with Crippen molar-refractivity contribution in [1.29, 1.82) is 0 Å². The molecule has 4 heteroatoms. The maximum Gasteiger partial charge on any atom is 0.213 e. The second kappa shape index (κ2) is 5.50. The first-order valence-corrected chi connectivity index (χ1v) is 4.05. The molecule has 0 saturated heterocycles. The normalized spacial score (nSPS) is 10.0. The molecule has 1 aromatic rings. The van der Waals surface area contributed by atoms with Crippen LogP contribution in [0.15, 0.2) is 18.2 Å². The fourth-order valence-electron chi connectivity index (χ4n) is 0.856. The molecular formula is C9H13NO3. The number of aromatic nitrogens is 1. The first kappa shape index (κ1) is 9.95. The van der Waals surface area contributed by atoms with Gasteiger partial charge in [-0.25, -0.2) is 4.98 Å². The second-order valence-corrected chi connectivity index (χ2v) is 2.47. The van der Waals surface area contributed by atoms with Gasteiger partial charge in [0, 0.05) is 13.2 Å². The summed E-state index contributed by atoms with van der Waals surface area (Å²) >= 11 is 0. The van der Waals surface area contributed by atoms with Crippen molar-refractivity contribution in [3.63, 3.8) is 0 Å². The lowest BCUT2D eigenvalue weighted by molar-refractivity contribution is 0.143. The fraction of sp³-hybridized carbons (Fsp3) is 0.444. The third kappa shape index (κ3) is 3.40. The van der Waals surface area contributed by atoms with Crippen molar-refractivity contribution >= 4 is 0 Å². The van der Waals surface area contributed by atoms with Gasteiger partial charge in [0.2, 0.25) is 5.88 Å². The molecule has 1 heterocycles. The Hall–Kier alpha value is -1.13. The lowest BCUT2D eigenvalue weighted by atomic mass is 10.4. The number of pyridine rings is 1. The van der Waals surface area contributed by atoms with Crippen molar-refractivity contribution in [2.75, 3.05) is 20.3 Å². The number of aliphatic hydroxyl groups excluding tert-OH is 1. The second-order valence-electron chi connectivity index (χ2n) is 2.47. The van der Waals surface area contributed by atoms with E-state index in [9.17, 15) is 0 Å². The molecule has 0 saturated carbocycles. The predicted octanol–water partition coefficient (Wildman–Crippen LogP) is 0.599. The maximum atomic E-state index is 8.79. The van der Waals surface area contributed by atoms with Gasteiger partial charge in [0.25, 0.3) is 0 Å². The average Bonchev–Trinajstić information content (AvgIpc) is 2.19. The standard InChI is InChI=1S/C9H13NO3/c1-12-5-6-13-9-4-2-3-8(7-11)10-9/h2-4,11H,5-7H2,1H3. The fourth-order valence-corrected chi connectivity index (χ4v) is 0.856. The highest BCUT2D eigenvalue weighted by Gasteiger charge is 1.96. The number of hydrogen-bond donors (Lipinski definition) is 1. The Labute approximate surface area is 77.1 Å². The van der Waals surface area contributed by atoms with Crippen molar-refractivity contribution < 1.29 is 14.6 Å². The monoisotopic (exact) mass is 183 g/mol. The van der Waals surface area contributed by atoms with Crippen LogP contribution in [-0.2, 0) is 11.3 Å². The van der Waals surface area contributed by atoms with E-state index in [4.69, 9.17) is 14.6 Å². The number of ether oxygens (including phenoxy) is 2. The number of methoxy groups -OCH3 is 1. The van der Waals surface area contributed by atoms with Crippen LogP contribution in [0.3, 0.4) is 0 Å². The summed E-state index contributed by atoms with van der Waals surface area (Å²) in [6.45, 7) is 0.935. The Morgan fingerprint density at radius 2 is 2.23 bits per heavy atom. The summed E-state index contributed by atoms with van der Waals surface area (Å²) in [6, 6.07) is 5.28. The summed E-state index contributed by atoms with van der Waals surface area (Å²) in [5.74, 6) is 0.517. The molecule has 0 aromatic carbocycles. The quantitative estimate of drug-likeness (QED) is 0.679. The smallest absolute Gasteiger partial charge is 0.213 e. The molecule has 72 valence electrons. The van der Waals surface area contributed by atoms with E-state index in [0.29, 0.717) is 24.8 Å². The van der Waals surface area contributed by atoms with E-state index in [0.717, 1.165) is 0 Å². The van der Waals surface area contributed by atoms with E-state index < -0.39 is 0 Å². The highest BCUT2D eigenvalue weighted by Crippen LogP contribution is 2.06. The minimum atomic E-state index is -0.0680. The van der Waals surface area contributed by atoms with Crippen molar-refractivity contribution in [2.45, 2.75) is 6.61 Å². The molecule has 0 aliphatic rings. The van der Waals surface area contributed by atoms with E-state index in [1.807, 2.05) is 0 Å². The summed E-state index contributed by atoms with van der Waals surface area (Å²) in [5, 5.41) is 8.79. The Morgan fingerprint density at radius 1 is 1.38 bits per heavy atom. The molecule has 0 radical (unpaired) electrons. The molecule has 0 fully saturated rings. The molecular weight excluding hydrogens is 170 g/mol. The molecule has 13 heavy (non-hydrogen) atoms. The molecule has 1 rings (SSSR count). The zero-order valence-electron chi connectivity index (χ0n) is 7.56. The van der Waals surface area contributed by atoms with Gasteiger partial charge >= 0.3 is 0 Å². The van der Waals surface area contributed by atoms with Crippen LogP contribution in [0.25, 0.3) is 0 Å². The van der Waals surface area contributed by atoms with Crippen LogP contribution < -0.4 is 4.74 Å². The third-order valence-corrected chi connectivity index (χ3v) is 1.48. The molecule has 0 atom stereocenters.